The van der Waals surface area contributed by atoms with Crippen molar-refractivity contribution in [3.05, 3.63) is 99.8 Å². The third kappa shape index (κ3) is 4.63. The number of carbonyl (C=O) groups is 3. The summed E-state index contributed by atoms with van der Waals surface area (Å²) in [6.07, 6.45) is 1.37. The number of imide groups is 2. The molecule has 33 heavy (non-hydrogen) atoms. The fraction of sp³-hybridized carbons (Fsp3) is 0.0800. The molecule has 0 aliphatic carbocycles. The summed E-state index contributed by atoms with van der Waals surface area (Å²) in [6.45, 7) is 1.84. The fourth-order valence-corrected chi connectivity index (χ4v) is 3.51. The summed E-state index contributed by atoms with van der Waals surface area (Å²) in [7, 11) is 0. The number of nitrogens with zero attached hydrogens (tertiary/aromatic N) is 1. The van der Waals surface area contributed by atoms with E-state index < -0.39 is 17.8 Å². The molecule has 6 nitrogen and oxygen atoms in total. The SMILES string of the molecule is Cc1c(Cl)cccc1N1C(=O)NC(=O)/C(=C\c2ccccc2OCc2ccc(F)cc2)C1=O. The minimum Gasteiger partial charge on any atom is -0.488 e. The van der Waals surface area contributed by atoms with Crippen molar-refractivity contribution in [2.75, 3.05) is 4.90 Å². The lowest BCUT2D eigenvalue weighted by molar-refractivity contribution is -0.122. The standard InChI is InChI=1S/C25H18ClFN2O4/c1-15-20(26)6-4-7-21(15)29-24(31)19(23(30)28-25(29)32)13-17-5-2-3-8-22(17)33-14-16-9-11-18(27)12-10-16/h2-13H,14H2,1H3,(H,28,30,32)/b19-13+. The first-order valence-electron chi connectivity index (χ1n) is 9.98. The van der Waals surface area contributed by atoms with Crippen LogP contribution in [0.3, 0.4) is 0 Å². The molecular formula is C25H18ClFN2O4. The summed E-state index contributed by atoms with van der Waals surface area (Å²) in [5.74, 6) is -1.52. The number of hydrogen-bond donors (Lipinski definition) is 1. The number of carbonyl (C=O) groups excluding carboxylic acids is 3. The van der Waals surface area contributed by atoms with E-state index >= 15 is 0 Å². The maximum atomic E-state index is 13.2. The second-order valence-corrected chi connectivity index (χ2v) is 7.70. The van der Waals surface area contributed by atoms with E-state index in [0.717, 1.165) is 10.5 Å². The average Bonchev–Trinajstić information content (AvgIpc) is 2.79. The lowest BCUT2D eigenvalue weighted by atomic mass is 10.0. The molecule has 1 heterocycles. The number of ether oxygens (including phenoxy) is 1. The fourth-order valence-electron chi connectivity index (χ4n) is 3.34. The number of halogens is 2. The van der Waals surface area contributed by atoms with Crippen molar-refractivity contribution >= 4 is 41.2 Å². The molecule has 3 aromatic rings. The third-order valence-electron chi connectivity index (χ3n) is 5.11. The second kappa shape index (κ2) is 9.26. The van der Waals surface area contributed by atoms with E-state index in [4.69, 9.17) is 16.3 Å². The smallest absolute Gasteiger partial charge is 0.335 e. The topological polar surface area (TPSA) is 75.7 Å². The summed E-state index contributed by atoms with van der Waals surface area (Å²) in [5.41, 5.74) is 1.80. The molecule has 0 atom stereocenters. The minimum atomic E-state index is -0.853. The van der Waals surface area contributed by atoms with Gasteiger partial charge in [0.25, 0.3) is 11.8 Å². The molecule has 4 amide bonds. The molecule has 0 saturated carbocycles. The Labute approximate surface area is 194 Å². The summed E-state index contributed by atoms with van der Waals surface area (Å²) in [4.78, 5) is 39.1. The van der Waals surface area contributed by atoms with Crippen LogP contribution in [0.4, 0.5) is 14.9 Å². The first kappa shape index (κ1) is 22.2. The van der Waals surface area contributed by atoms with Crippen LogP contribution in [0.1, 0.15) is 16.7 Å². The molecule has 1 fully saturated rings. The second-order valence-electron chi connectivity index (χ2n) is 7.29. The van der Waals surface area contributed by atoms with Crippen molar-refractivity contribution in [1.82, 2.24) is 5.32 Å². The van der Waals surface area contributed by atoms with E-state index in [-0.39, 0.29) is 23.7 Å². The van der Waals surface area contributed by atoms with Gasteiger partial charge < -0.3 is 4.74 Å². The van der Waals surface area contributed by atoms with Crippen LogP contribution in [-0.2, 0) is 16.2 Å². The van der Waals surface area contributed by atoms with E-state index in [1.54, 1.807) is 61.5 Å². The van der Waals surface area contributed by atoms with Crippen molar-refractivity contribution < 1.29 is 23.5 Å². The van der Waals surface area contributed by atoms with E-state index in [9.17, 15) is 18.8 Å². The van der Waals surface area contributed by atoms with Crippen molar-refractivity contribution in [3.63, 3.8) is 0 Å². The summed E-state index contributed by atoms with van der Waals surface area (Å²) in [6, 6.07) is 16.7. The molecule has 0 aromatic heterocycles. The number of nitrogens with one attached hydrogen (secondary N) is 1. The molecule has 3 aromatic carbocycles. The highest BCUT2D eigenvalue weighted by Crippen LogP contribution is 2.30. The van der Waals surface area contributed by atoms with Gasteiger partial charge in [-0.1, -0.05) is 48.0 Å². The number of barbiturate groups is 1. The van der Waals surface area contributed by atoms with Crippen LogP contribution in [-0.4, -0.2) is 17.8 Å². The third-order valence-corrected chi connectivity index (χ3v) is 5.52. The zero-order valence-electron chi connectivity index (χ0n) is 17.5. The Morgan fingerprint density at radius 2 is 1.73 bits per heavy atom. The number of amides is 4. The molecule has 0 spiro atoms. The largest absolute Gasteiger partial charge is 0.488 e. The van der Waals surface area contributed by atoms with Crippen molar-refractivity contribution in [1.29, 1.82) is 0 Å². The molecule has 8 heteroatoms. The maximum absolute atomic E-state index is 13.2. The number of rotatable bonds is 5. The number of urea groups is 1. The van der Waals surface area contributed by atoms with Crippen LogP contribution in [0.5, 0.6) is 5.75 Å². The van der Waals surface area contributed by atoms with Crippen LogP contribution in [0.15, 0.2) is 72.3 Å². The van der Waals surface area contributed by atoms with Gasteiger partial charge in [-0.2, -0.15) is 0 Å². The molecule has 0 unspecified atom stereocenters. The van der Waals surface area contributed by atoms with Gasteiger partial charge in [-0.15, -0.1) is 0 Å². The Balaban J connectivity index is 1.66. The molecule has 1 aliphatic rings. The van der Waals surface area contributed by atoms with E-state index in [2.05, 4.69) is 5.32 Å². The Hall–Kier alpha value is -3.97. The monoisotopic (exact) mass is 464 g/mol. The maximum Gasteiger partial charge on any atom is 0.335 e. The van der Waals surface area contributed by atoms with E-state index in [1.807, 2.05) is 0 Å². The van der Waals surface area contributed by atoms with Gasteiger partial charge in [-0.3, -0.25) is 14.9 Å². The molecular weight excluding hydrogens is 447 g/mol. The lowest BCUT2D eigenvalue weighted by Crippen LogP contribution is -2.54. The summed E-state index contributed by atoms with van der Waals surface area (Å²) in [5, 5.41) is 2.58. The van der Waals surface area contributed by atoms with Gasteiger partial charge in [-0.05, 0) is 54.5 Å². The van der Waals surface area contributed by atoms with Crippen LogP contribution in [0.2, 0.25) is 5.02 Å². The van der Waals surface area contributed by atoms with Crippen molar-refractivity contribution in [3.8, 4) is 5.75 Å². The van der Waals surface area contributed by atoms with Crippen LogP contribution >= 0.6 is 11.6 Å². The predicted octanol–water partition coefficient (Wildman–Crippen LogP) is 5.03. The zero-order chi connectivity index (χ0) is 23.5. The van der Waals surface area contributed by atoms with E-state index in [1.165, 1.54) is 18.2 Å². The van der Waals surface area contributed by atoms with Crippen LogP contribution < -0.4 is 15.0 Å². The molecule has 0 bridgehead atoms. The minimum absolute atomic E-state index is 0.160. The van der Waals surface area contributed by atoms with Crippen LogP contribution in [0.25, 0.3) is 6.08 Å². The van der Waals surface area contributed by atoms with Gasteiger partial charge in [0, 0.05) is 10.6 Å². The summed E-state index contributed by atoms with van der Waals surface area (Å²) < 4.78 is 19.0. The highest BCUT2D eigenvalue weighted by atomic mass is 35.5. The quantitative estimate of drug-likeness (QED) is 0.424. The Bertz CT molecular complexity index is 1290. The van der Waals surface area contributed by atoms with Gasteiger partial charge in [-0.25, -0.2) is 14.1 Å². The highest BCUT2D eigenvalue weighted by molar-refractivity contribution is 6.40. The molecule has 0 radical (unpaired) electrons. The molecule has 1 saturated heterocycles. The van der Waals surface area contributed by atoms with Crippen molar-refractivity contribution in [2.45, 2.75) is 13.5 Å². The van der Waals surface area contributed by atoms with Gasteiger partial charge >= 0.3 is 6.03 Å². The van der Waals surface area contributed by atoms with Gasteiger partial charge in [0.15, 0.2) is 0 Å². The normalized spacial score (nSPS) is 15.1. The van der Waals surface area contributed by atoms with Crippen LogP contribution in [0, 0.1) is 12.7 Å². The Morgan fingerprint density at radius 1 is 1.00 bits per heavy atom. The number of para-hydroxylation sites is 1. The molecule has 1 aliphatic heterocycles. The van der Waals surface area contributed by atoms with Crippen molar-refractivity contribution in [2.24, 2.45) is 0 Å². The average molecular weight is 465 g/mol. The predicted molar refractivity (Wildman–Crippen MR) is 122 cm³/mol. The Kier molecular flexibility index (Phi) is 6.24. The number of anilines is 1. The first-order valence-corrected chi connectivity index (χ1v) is 10.4. The number of hydrogen-bond acceptors (Lipinski definition) is 4. The molecule has 1 N–H and O–H groups in total. The van der Waals surface area contributed by atoms with E-state index in [0.29, 0.717) is 21.9 Å². The van der Waals surface area contributed by atoms with Gasteiger partial charge in [0.1, 0.15) is 23.7 Å². The highest BCUT2D eigenvalue weighted by Gasteiger charge is 2.37. The lowest BCUT2D eigenvalue weighted by Gasteiger charge is -2.27. The molecule has 166 valence electrons. The number of benzene rings is 3. The molecule has 4 rings (SSSR count). The van der Waals surface area contributed by atoms with Gasteiger partial charge in [0.05, 0.1) is 5.69 Å². The van der Waals surface area contributed by atoms with Gasteiger partial charge in [0.2, 0.25) is 0 Å². The first-order chi connectivity index (χ1) is 15.8. The zero-order valence-corrected chi connectivity index (χ0v) is 18.2. The summed E-state index contributed by atoms with van der Waals surface area (Å²) >= 11 is 6.15. The Morgan fingerprint density at radius 3 is 2.48 bits per heavy atom.